The fourth-order valence-electron chi connectivity index (χ4n) is 4.55. The summed E-state index contributed by atoms with van der Waals surface area (Å²) in [7, 11) is 0. The molecule has 2 aromatic heterocycles. The first kappa shape index (κ1) is 25.8. The summed E-state index contributed by atoms with van der Waals surface area (Å²) < 4.78 is 21.4. The van der Waals surface area contributed by atoms with Crippen LogP contribution in [0.15, 0.2) is 54.9 Å². The lowest BCUT2D eigenvalue weighted by Crippen LogP contribution is -2.39. The molecule has 3 heterocycles. The van der Waals surface area contributed by atoms with Crippen LogP contribution in [-0.4, -0.2) is 39.5 Å². The van der Waals surface area contributed by atoms with Crippen molar-refractivity contribution in [2.75, 3.05) is 23.3 Å². The average Bonchev–Trinajstić information content (AvgIpc) is 3.39. The molecule has 5 rings (SSSR count). The van der Waals surface area contributed by atoms with E-state index in [4.69, 9.17) is 4.74 Å². The number of para-hydroxylation sites is 1. The van der Waals surface area contributed by atoms with Gasteiger partial charge in [-0.25, -0.2) is 13.9 Å². The van der Waals surface area contributed by atoms with Gasteiger partial charge in [-0.05, 0) is 62.8 Å². The molecule has 182 valence electrons. The molecule has 7 nitrogen and oxygen atoms in total. The van der Waals surface area contributed by atoms with Crippen molar-refractivity contribution >= 4 is 42.4 Å². The SMILES string of the molecule is Cc1ccc(N2C[C@]3(CC[C@@H](CNc4ccn(-c5ccccc5F)n4)CC3)OC2=O)cn1.Cl.Cl. The van der Waals surface area contributed by atoms with E-state index in [-0.39, 0.29) is 36.7 Å². The monoisotopic (exact) mass is 507 g/mol. The Labute approximate surface area is 210 Å². The standard InChI is InChI=1S/C24H26FN5O2.2ClH/c1-17-6-7-19(15-26-17)29-16-24(32-23(29)31)11-8-18(9-12-24)14-27-22-10-13-30(28-22)21-5-3-2-4-20(21)25;;/h2-7,10,13,15,18H,8-9,11-12,14,16H2,1H3,(H,27,28);2*1H/t18-,24-;;. The lowest BCUT2D eigenvalue weighted by Gasteiger charge is -2.35. The van der Waals surface area contributed by atoms with Crippen molar-refractivity contribution < 1.29 is 13.9 Å². The predicted octanol–water partition coefficient (Wildman–Crippen LogP) is 5.56. The van der Waals surface area contributed by atoms with Gasteiger partial charge in [-0.1, -0.05) is 12.1 Å². The molecule has 0 unspecified atom stereocenters. The summed E-state index contributed by atoms with van der Waals surface area (Å²) in [6.45, 7) is 3.28. The first-order chi connectivity index (χ1) is 15.5. The number of carbonyl (C=O) groups is 1. The maximum Gasteiger partial charge on any atom is 0.415 e. The maximum absolute atomic E-state index is 14.0. The Morgan fingerprint density at radius 1 is 1.15 bits per heavy atom. The smallest absolute Gasteiger partial charge is 0.415 e. The lowest BCUT2D eigenvalue weighted by molar-refractivity contribution is 0.0148. The van der Waals surface area contributed by atoms with Crippen LogP contribution < -0.4 is 10.2 Å². The molecule has 1 amide bonds. The van der Waals surface area contributed by atoms with Crippen LogP contribution in [0.2, 0.25) is 0 Å². The molecular formula is C24H28Cl2FN5O2. The molecule has 2 fully saturated rings. The number of aryl methyl sites for hydroxylation is 1. The highest BCUT2D eigenvalue weighted by atomic mass is 35.5. The molecule has 3 aromatic rings. The van der Waals surface area contributed by atoms with Gasteiger partial charge in [0.2, 0.25) is 0 Å². The molecule has 1 aliphatic carbocycles. The number of hydrogen-bond donors (Lipinski definition) is 1. The maximum atomic E-state index is 14.0. The van der Waals surface area contributed by atoms with E-state index in [2.05, 4.69) is 15.4 Å². The van der Waals surface area contributed by atoms with E-state index in [9.17, 15) is 9.18 Å². The summed E-state index contributed by atoms with van der Waals surface area (Å²) in [5, 5.41) is 7.81. The molecule has 0 bridgehead atoms. The largest absolute Gasteiger partial charge is 0.441 e. The third kappa shape index (κ3) is 5.28. The Morgan fingerprint density at radius 2 is 1.91 bits per heavy atom. The van der Waals surface area contributed by atoms with Crippen LogP contribution in [-0.2, 0) is 4.74 Å². The van der Waals surface area contributed by atoms with Crippen LogP contribution >= 0.6 is 24.8 Å². The highest BCUT2D eigenvalue weighted by Crippen LogP contribution is 2.40. The Balaban J connectivity index is 0.00000162. The van der Waals surface area contributed by atoms with Gasteiger partial charge in [0.25, 0.3) is 0 Å². The number of nitrogens with one attached hydrogen (secondary N) is 1. The van der Waals surface area contributed by atoms with Crippen LogP contribution in [0.25, 0.3) is 5.69 Å². The second-order valence-electron chi connectivity index (χ2n) is 8.72. The number of halogens is 3. The van der Waals surface area contributed by atoms with Crippen molar-refractivity contribution in [1.82, 2.24) is 14.8 Å². The number of hydrogen-bond acceptors (Lipinski definition) is 5. The molecule has 34 heavy (non-hydrogen) atoms. The molecule has 1 spiro atoms. The summed E-state index contributed by atoms with van der Waals surface area (Å²) in [4.78, 5) is 18.5. The highest BCUT2D eigenvalue weighted by Gasteiger charge is 2.47. The summed E-state index contributed by atoms with van der Waals surface area (Å²) >= 11 is 0. The summed E-state index contributed by atoms with van der Waals surface area (Å²) in [6, 6.07) is 12.2. The minimum absolute atomic E-state index is 0. The van der Waals surface area contributed by atoms with Gasteiger partial charge < -0.3 is 10.1 Å². The zero-order chi connectivity index (χ0) is 22.1. The number of carbonyl (C=O) groups excluding carboxylic acids is 1. The summed E-state index contributed by atoms with van der Waals surface area (Å²) in [5.41, 5.74) is 1.72. The molecular weight excluding hydrogens is 480 g/mol. The number of aromatic nitrogens is 3. The Kier molecular flexibility index (Phi) is 8.05. The third-order valence-electron chi connectivity index (χ3n) is 6.45. The lowest BCUT2D eigenvalue weighted by atomic mass is 9.78. The quantitative estimate of drug-likeness (QED) is 0.489. The fraction of sp³-hybridized carbons (Fsp3) is 0.375. The van der Waals surface area contributed by atoms with E-state index in [0.29, 0.717) is 18.2 Å². The van der Waals surface area contributed by atoms with Crippen LogP contribution in [0.3, 0.4) is 0 Å². The van der Waals surface area contributed by atoms with Gasteiger partial charge in [0.05, 0.1) is 18.4 Å². The van der Waals surface area contributed by atoms with Crippen molar-refractivity contribution in [1.29, 1.82) is 0 Å². The van der Waals surface area contributed by atoms with Gasteiger partial charge in [-0.15, -0.1) is 24.8 Å². The minimum Gasteiger partial charge on any atom is -0.441 e. The summed E-state index contributed by atoms with van der Waals surface area (Å²) in [5.74, 6) is 0.883. The predicted molar refractivity (Wildman–Crippen MR) is 134 cm³/mol. The van der Waals surface area contributed by atoms with E-state index in [1.54, 1.807) is 40.2 Å². The number of nitrogens with zero attached hydrogens (tertiary/aromatic N) is 4. The van der Waals surface area contributed by atoms with E-state index >= 15 is 0 Å². The number of anilines is 2. The van der Waals surface area contributed by atoms with E-state index in [0.717, 1.165) is 49.4 Å². The molecule has 1 aromatic carbocycles. The number of benzene rings is 1. The topological polar surface area (TPSA) is 72.3 Å². The first-order valence-electron chi connectivity index (χ1n) is 11.0. The molecule has 2 aliphatic rings. The number of rotatable bonds is 5. The Bertz CT molecular complexity index is 1120. The fourth-order valence-corrected chi connectivity index (χ4v) is 4.55. The molecule has 0 atom stereocenters. The van der Waals surface area contributed by atoms with Crippen molar-refractivity contribution in [3.05, 3.63) is 66.4 Å². The van der Waals surface area contributed by atoms with E-state index < -0.39 is 5.60 Å². The average molecular weight is 508 g/mol. The van der Waals surface area contributed by atoms with Crippen molar-refractivity contribution in [2.24, 2.45) is 5.92 Å². The highest BCUT2D eigenvalue weighted by molar-refractivity contribution is 5.90. The molecule has 1 saturated carbocycles. The van der Waals surface area contributed by atoms with E-state index in [1.165, 1.54) is 6.07 Å². The van der Waals surface area contributed by atoms with Gasteiger partial charge in [0.15, 0.2) is 0 Å². The van der Waals surface area contributed by atoms with Crippen molar-refractivity contribution in [3.8, 4) is 5.69 Å². The van der Waals surface area contributed by atoms with Gasteiger partial charge in [0, 0.05) is 24.5 Å². The van der Waals surface area contributed by atoms with Gasteiger partial charge in [-0.2, -0.15) is 5.10 Å². The second-order valence-corrected chi connectivity index (χ2v) is 8.72. The molecule has 0 radical (unpaired) electrons. The zero-order valence-electron chi connectivity index (χ0n) is 18.8. The Hall–Kier alpha value is -2.84. The Morgan fingerprint density at radius 3 is 2.62 bits per heavy atom. The number of amides is 1. The first-order valence-corrected chi connectivity index (χ1v) is 11.0. The van der Waals surface area contributed by atoms with Gasteiger partial charge in [0.1, 0.15) is 22.9 Å². The zero-order valence-corrected chi connectivity index (χ0v) is 20.4. The normalized spacial score (nSPS) is 21.5. The molecule has 1 N–H and O–H groups in total. The molecule has 1 aliphatic heterocycles. The van der Waals surface area contributed by atoms with Crippen LogP contribution in [0.5, 0.6) is 0 Å². The van der Waals surface area contributed by atoms with Crippen molar-refractivity contribution in [3.63, 3.8) is 0 Å². The second kappa shape index (κ2) is 10.6. The number of ether oxygens (including phenoxy) is 1. The minimum atomic E-state index is -0.412. The van der Waals surface area contributed by atoms with Crippen LogP contribution in [0.4, 0.5) is 20.7 Å². The number of pyridine rings is 1. The van der Waals surface area contributed by atoms with Gasteiger partial charge >= 0.3 is 6.09 Å². The third-order valence-corrected chi connectivity index (χ3v) is 6.45. The van der Waals surface area contributed by atoms with Crippen LogP contribution in [0.1, 0.15) is 31.4 Å². The molecule has 1 saturated heterocycles. The van der Waals surface area contributed by atoms with Crippen LogP contribution in [0, 0.1) is 18.7 Å². The molecule has 10 heteroatoms. The van der Waals surface area contributed by atoms with E-state index in [1.807, 2.05) is 25.1 Å². The summed E-state index contributed by atoms with van der Waals surface area (Å²) in [6.07, 6.45) is 6.80. The van der Waals surface area contributed by atoms with Gasteiger partial charge in [-0.3, -0.25) is 9.88 Å². The van der Waals surface area contributed by atoms with Crippen molar-refractivity contribution in [2.45, 2.75) is 38.2 Å².